The van der Waals surface area contributed by atoms with Gasteiger partial charge in [0.25, 0.3) is 0 Å². The Hall–Kier alpha value is -2.42. The van der Waals surface area contributed by atoms with Crippen molar-refractivity contribution in [3.05, 3.63) is 70.3 Å². The number of hydrogen-bond acceptors (Lipinski definition) is 4. The van der Waals surface area contributed by atoms with Crippen LogP contribution in [0.15, 0.2) is 24.3 Å². The summed E-state index contributed by atoms with van der Waals surface area (Å²) in [6, 6.07) is 3.00. The highest BCUT2D eigenvalue weighted by molar-refractivity contribution is 5.20. The second-order valence-electron chi connectivity index (χ2n) is 8.71. The lowest BCUT2D eigenvalue weighted by Crippen LogP contribution is -2.32. The molecule has 0 spiro atoms. The van der Waals surface area contributed by atoms with Crippen molar-refractivity contribution in [3.8, 4) is 0 Å². The van der Waals surface area contributed by atoms with Crippen LogP contribution in [0.5, 0.6) is 0 Å². The fourth-order valence-corrected chi connectivity index (χ4v) is 3.40. The fraction of sp³-hybridized carbons (Fsp3) is 0.520. The highest BCUT2D eigenvalue weighted by atomic mass is 19.2. The Bertz CT molecular complexity index is 863. The molecule has 0 radical (unpaired) electrons. The maximum Gasteiger partial charge on any atom is 0.161 e. The summed E-state index contributed by atoms with van der Waals surface area (Å²) >= 11 is 0. The maximum atomic E-state index is 13.6. The van der Waals surface area contributed by atoms with Crippen LogP contribution < -0.4 is 21.3 Å². The Labute approximate surface area is 221 Å². The molecule has 0 aliphatic rings. The Balaban J connectivity index is -0.00000324. The van der Waals surface area contributed by atoms with Gasteiger partial charge >= 0.3 is 0 Å². The van der Waals surface area contributed by atoms with Crippen molar-refractivity contribution in [1.29, 1.82) is 0 Å². The molecule has 0 saturated carbocycles. The molecule has 4 N–H and O–H groups in total. The molecule has 0 heterocycles. The second kappa shape index (κ2) is 21.4. The van der Waals surface area contributed by atoms with Crippen LogP contribution in [0.3, 0.4) is 0 Å². The van der Waals surface area contributed by atoms with E-state index in [1.807, 2.05) is 13.8 Å². The van der Waals surface area contributed by atoms with Gasteiger partial charge in [-0.3, -0.25) is 18.8 Å². The molecule has 2 atom stereocenters. The molecule has 2 aromatic rings. The molecule has 228 valence electrons. The molecule has 0 bridgehead atoms. The minimum atomic E-state index is -1.19. The molecule has 4 nitrogen and oxygen atoms in total. The van der Waals surface area contributed by atoms with Gasteiger partial charge in [0.05, 0.1) is 0 Å². The molecule has 0 fully saturated rings. The van der Waals surface area contributed by atoms with Gasteiger partial charge in [0.1, 0.15) is 11.6 Å². The van der Waals surface area contributed by atoms with Crippen molar-refractivity contribution in [2.45, 2.75) is 58.3 Å². The number of halogens is 10. The lowest BCUT2D eigenvalue weighted by molar-refractivity contribution is 0.460. The lowest BCUT2D eigenvalue weighted by Gasteiger charge is -2.16. The van der Waals surface area contributed by atoms with E-state index in [0.29, 0.717) is 12.1 Å². The maximum absolute atomic E-state index is 13.6. The number of hydrogen-bond donors (Lipinski definition) is 4. The normalized spacial score (nSPS) is 11.9. The molecule has 0 aliphatic carbocycles. The molecular formula is C25H38F10N4. The van der Waals surface area contributed by atoms with Crippen LogP contribution >= 0.6 is 0 Å². The predicted octanol–water partition coefficient (Wildman–Crippen LogP) is 5.14. The van der Waals surface area contributed by atoms with Gasteiger partial charge < -0.3 is 21.3 Å². The van der Waals surface area contributed by atoms with E-state index in [2.05, 4.69) is 21.3 Å². The van der Waals surface area contributed by atoms with E-state index in [4.69, 9.17) is 0 Å². The van der Waals surface area contributed by atoms with Crippen molar-refractivity contribution < 1.29 is 45.2 Å². The van der Waals surface area contributed by atoms with E-state index < -0.39 is 34.9 Å². The zero-order valence-corrected chi connectivity index (χ0v) is 21.7. The third-order valence-electron chi connectivity index (χ3n) is 5.68. The van der Waals surface area contributed by atoms with Crippen LogP contribution in [0.2, 0.25) is 0 Å². The molecule has 0 aromatic heterocycles. The number of benzene rings is 2. The summed E-state index contributed by atoms with van der Waals surface area (Å²) < 4.78 is 79.7. The lowest BCUT2D eigenvalue weighted by atomic mass is 10.1. The first-order valence-electron chi connectivity index (χ1n) is 11.8. The molecule has 2 aromatic carbocycles. The quantitative estimate of drug-likeness (QED) is 0.126. The van der Waals surface area contributed by atoms with Crippen molar-refractivity contribution in [2.24, 2.45) is 0 Å². The highest BCUT2D eigenvalue weighted by Gasteiger charge is 2.12. The summed E-state index contributed by atoms with van der Waals surface area (Å²) in [7, 11) is 0. The molecule has 0 amide bonds. The summed E-state index contributed by atoms with van der Waals surface area (Å²) in [6.45, 7) is 7.29. The average Bonchev–Trinajstić information content (AvgIpc) is 2.80. The van der Waals surface area contributed by atoms with Crippen molar-refractivity contribution in [2.75, 3.05) is 26.2 Å². The van der Waals surface area contributed by atoms with Crippen LogP contribution in [0.25, 0.3) is 0 Å². The first kappa shape index (κ1) is 41.1. The zero-order chi connectivity index (χ0) is 25.8. The van der Waals surface area contributed by atoms with E-state index in [1.165, 1.54) is 0 Å². The van der Waals surface area contributed by atoms with Gasteiger partial charge in [-0.05, 0) is 71.4 Å². The first-order valence-corrected chi connectivity index (χ1v) is 11.8. The second-order valence-corrected chi connectivity index (χ2v) is 8.71. The van der Waals surface area contributed by atoms with Crippen molar-refractivity contribution in [1.82, 2.24) is 21.3 Å². The van der Waals surface area contributed by atoms with Crippen LogP contribution in [0, 0.1) is 34.9 Å². The number of nitrogens with one attached hydrogen (secondary N) is 4. The summed E-state index contributed by atoms with van der Waals surface area (Å²) in [6.07, 6.45) is 2.50. The SMILES string of the molecule is CC(CCNCCCNCCC(C)NCc1cc(F)c(F)cc1F)NCc1cc(F)c(F)cc1F.F.F.F.F. The molecule has 0 saturated heterocycles. The Morgan fingerprint density at radius 2 is 0.846 bits per heavy atom. The van der Waals surface area contributed by atoms with Crippen LogP contribution in [-0.2, 0) is 13.1 Å². The predicted molar refractivity (Wildman–Crippen MR) is 135 cm³/mol. The van der Waals surface area contributed by atoms with Gasteiger partial charge in [0.15, 0.2) is 23.3 Å². The molecular weight excluding hydrogens is 546 g/mol. The smallest absolute Gasteiger partial charge is 0.161 e. The molecule has 14 heteroatoms. The third kappa shape index (κ3) is 15.1. The monoisotopic (exact) mass is 584 g/mol. The highest BCUT2D eigenvalue weighted by Crippen LogP contribution is 2.15. The number of rotatable bonds is 16. The van der Waals surface area contributed by atoms with Gasteiger partial charge in [0.2, 0.25) is 0 Å². The van der Waals surface area contributed by atoms with Gasteiger partial charge in [-0.15, -0.1) is 0 Å². The van der Waals surface area contributed by atoms with Gasteiger partial charge in [-0.2, -0.15) is 0 Å². The third-order valence-corrected chi connectivity index (χ3v) is 5.68. The minimum Gasteiger partial charge on any atom is -0.317 e. The summed E-state index contributed by atoms with van der Waals surface area (Å²) in [5, 5.41) is 12.9. The van der Waals surface area contributed by atoms with E-state index in [-0.39, 0.29) is 55.1 Å². The molecule has 2 rings (SSSR count). The fourth-order valence-electron chi connectivity index (χ4n) is 3.40. The van der Waals surface area contributed by atoms with Crippen molar-refractivity contribution >= 4 is 0 Å². The van der Waals surface area contributed by atoms with E-state index in [0.717, 1.165) is 57.6 Å². The first-order chi connectivity index (χ1) is 16.7. The Morgan fingerprint density at radius 1 is 0.513 bits per heavy atom. The average molecular weight is 585 g/mol. The van der Waals surface area contributed by atoms with Gasteiger partial charge in [0, 0.05) is 48.4 Å². The van der Waals surface area contributed by atoms with Gasteiger partial charge in [-0.25, -0.2) is 26.3 Å². The van der Waals surface area contributed by atoms with Crippen molar-refractivity contribution in [3.63, 3.8) is 0 Å². The Kier molecular flexibility index (Phi) is 22.5. The summed E-state index contributed by atoms with van der Waals surface area (Å²) in [5.74, 6) is -6.04. The standard InChI is InChI=1S/C25H34F6N4.4FH/c1-16(34-14-18-10-22(28)24(30)12-20(18)26)4-8-32-6-3-7-33-9-5-17(2)35-15-19-11-23(29)25(31)13-21(19)27;;;;/h10-13,16-17,32-35H,3-9,14-15H2,1-2H3;4*1H. The summed E-state index contributed by atoms with van der Waals surface area (Å²) in [5.41, 5.74) is 0.187. The van der Waals surface area contributed by atoms with Crippen LogP contribution in [0.4, 0.5) is 45.2 Å². The van der Waals surface area contributed by atoms with E-state index >= 15 is 0 Å². The van der Waals surface area contributed by atoms with Crippen LogP contribution in [-0.4, -0.2) is 38.3 Å². The summed E-state index contributed by atoms with van der Waals surface area (Å²) in [4.78, 5) is 0. The van der Waals surface area contributed by atoms with Gasteiger partial charge in [-0.1, -0.05) is 0 Å². The van der Waals surface area contributed by atoms with E-state index in [1.54, 1.807) is 0 Å². The molecule has 0 aliphatic heterocycles. The molecule has 39 heavy (non-hydrogen) atoms. The topological polar surface area (TPSA) is 48.1 Å². The van der Waals surface area contributed by atoms with E-state index in [9.17, 15) is 26.3 Å². The molecule has 2 unspecified atom stereocenters. The Morgan fingerprint density at radius 3 is 1.21 bits per heavy atom. The zero-order valence-electron chi connectivity index (χ0n) is 21.7. The largest absolute Gasteiger partial charge is 0.317 e. The minimum absolute atomic E-state index is 0. The van der Waals surface area contributed by atoms with Crippen LogP contribution in [0.1, 0.15) is 44.2 Å².